The molecule has 2 atom stereocenters. The first-order valence-electron chi connectivity index (χ1n) is 8.39. The van der Waals surface area contributed by atoms with Crippen LogP contribution in [0.3, 0.4) is 0 Å². The lowest BCUT2D eigenvalue weighted by Gasteiger charge is -2.16. The van der Waals surface area contributed by atoms with Gasteiger partial charge in [0, 0.05) is 16.1 Å². The molecule has 2 aromatic rings. The highest BCUT2D eigenvalue weighted by molar-refractivity contribution is 7.99. The van der Waals surface area contributed by atoms with Gasteiger partial charge in [-0.3, -0.25) is 0 Å². The van der Waals surface area contributed by atoms with Gasteiger partial charge in [-0.2, -0.15) is 0 Å². The van der Waals surface area contributed by atoms with Crippen LogP contribution in [-0.2, 0) is 11.4 Å². The normalized spacial score (nSPS) is 19.3. The van der Waals surface area contributed by atoms with Crippen molar-refractivity contribution in [3.63, 3.8) is 0 Å². The molecule has 0 saturated carbocycles. The zero-order valence-electron chi connectivity index (χ0n) is 14.3. The van der Waals surface area contributed by atoms with Gasteiger partial charge in [-0.05, 0) is 31.2 Å². The molecule has 1 saturated heterocycles. The topological polar surface area (TPSA) is 75.2 Å². The fraction of sp³-hybridized carbons (Fsp3) is 0.316. The summed E-state index contributed by atoms with van der Waals surface area (Å²) >= 11 is 7.76. The first-order valence-corrected chi connectivity index (χ1v) is 9.81. The summed E-state index contributed by atoms with van der Waals surface area (Å²) in [5.41, 5.74) is 1.89. The Balaban J connectivity index is 1.74. The first-order chi connectivity index (χ1) is 12.6. The van der Waals surface area contributed by atoms with Gasteiger partial charge < -0.3 is 24.7 Å². The predicted octanol–water partition coefficient (Wildman–Crippen LogP) is 1.75. The number of hydrogen-bond acceptors (Lipinski definition) is 5. The Morgan fingerprint density at radius 1 is 1.27 bits per heavy atom. The summed E-state index contributed by atoms with van der Waals surface area (Å²) in [6, 6.07) is 12.7. The number of rotatable bonds is 7. The molecule has 0 radical (unpaired) electrons. The SMILES string of the molecule is CCOc1cc([C@@H]2[NH2+][C@@H](C(=O)[O-])CS2)ccc1OCc1ccccc1Cl. The molecular formula is C19H20ClNO4S. The van der Waals surface area contributed by atoms with E-state index in [-0.39, 0.29) is 5.37 Å². The van der Waals surface area contributed by atoms with Crippen LogP contribution in [0.1, 0.15) is 23.4 Å². The van der Waals surface area contributed by atoms with Crippen molar-refractivity contribution in [2.75, 3.05) is 12.4 Å². The van der Waals surface area contributed by atoms with Crippen molar-refractivity contribution in [2.45, 2.75) is 24.9 Å². The van der Waals surface area contributed by atoms with Gasteiger partial charge in [-0.25, -0.2) is 0 Å². The Bertz CT molecular complexity index is 786. The zero-order valence-corrected chi connectivity index (χ0v) is 15.9. The molecule has 26 heavy (non-hydrogen) atoms. The van der Waals surface area contributed by atoms with Crippen LogP contribution in [0.4, 0.5) is 0 Å². The molecule has 0 aliphatic carbocycles. The minimum atomic E-state index is -1.02. The van der Waals surface area contributed by atoms with Crippen LogP contribution in [0.5, 0.6) is 11.5 Å². The highest BCUT2D eigenvalue weighted by atomic mass is 35.5. The standard InChI is InChI=1S/C19H20ClNO4S/c1-2-24-17-9-12(18-21-15(11-26-18)19(22)23)7-8-16(17)25-10-13-5-3-4-6-14(13)20/h3-9,15,18,21H,2,10-11H2,1H3,(H,22,23)/t15-,18-/m1/s1. The largest absolute Gasteiger partial charge is 0.544 e. The van der Waals surface area contributed by atoms with Crippen LogP contribution < -0.4 is 19.9 Å². The van der Waals surface area contributed by atoms with E-state index in [4.69, 9.17) is 21.1 Å². The number of aliphatic carboxylic acids is 1. The molecule has 7 heteroatoms. The second kappa shape index (κ2) is 8.66. The lowest BCUT2D eigenvalue weighted by Crippen LogP contribution is -2.90. The van der Waals surface area contributed by atoms with Crippen molar-refractivity contribution < 1.29 is 24.7 Å². The molecule has 0 spiro atoms. The zero-order chi connectivity index (χ0) is 18.5. The van der Waals surface area contributed by atoms with Gasteiger partial charge in [-0.1, -0.05) is 41.6 Å². The minimum Gasteiger partial charge on any atom is -0.544 e. The van der Waals surface area contributed by atoms with E-state index in [0.29, 0.717) is 35.5 Å². The molecule has 0 aromatic heterocycles. The third-order valence-corrected chi connectivity index (χ3v) is 5.81. The Kier molecular flexibility index (Phi) is 6.29. The van der Waals surface area contributed by atoms with E-state index in [9.17, 15) is 9.90 Å². The highest BCUT2D eigenvalue weighted by Gasteiger charge is 2.31. The van der Waals surface area contributed by atoms with Gasteiger partial charge in [-0.15, -0.1) is 0 Å². The maximum atomic E-state index is 11.0. The van der Waals surface area contributed by atoms with Crippen molar-refractivity contribution in [1.29, 1.82) is 0 Å². The number of nitrogens with two attached hydrogens (primary N) is 1. The van der Waals surface area contributed by atoms with Gasteiger partial charge in [0.15, 0.2) is 16.9 Å². The minimum absolute atomic E-state index is 0.00900. The molecular weight excluding hydrogens is 374 g/mol. The van der Waals surface area contributed by atoms with Crippen molar-refractivity contribution in [3.05, 3.63) is 58.6 Å². The Morgan fingerprint density at radius 3 is 2.77 bits per heavy atom. The molecule has 0 amide bonds. The van der Waals surface area contributed by atoms with E-state index < -0.39 is 12.0 Å². The van der Waals surface area contributed by atoms with Gasteiger partial charge in [0.2, 0.25) is 0 Å². The Morgan fingerprint density at radius 2 is 2.08 bits per heavy atom. The number of carbonyl (C=O) groups excluding carboxylic acids is 1. The molecule has 1 fully saturated rings. The first kappa shape index (κ1) is 18.9. The quantitative estimate of drug-likeness (QED) is 0.775. The van der Waals surface area contributed by atoms with Crippen molar-refractivity contribution >= 4 is 29.3 Å². The third-order valence-electron chi connectivity index (χ3n) is 4.10. The van der Waals surface area contributed by atoms with Gasteiger partial charge in [0.25, 0.3) is 0 Å². The van der Waals surface area contributed by atoms with Crippen LogP contribution in [0.25, 0.3) is 0 Å². The Labute approximate surface area is 161 Å². The number of thioether (sulfide) groups is 1. The van der Waals surface area contributed by atoms with Crippen molar-refractivity contribution in [1.82, 2.24) is 0 Å². The van der Waals surface area contributed by atoms with Crippen molar-refractivity contribution in [3.8, 4) is 11.5 Å². The summed E-state index contributed by atoms with van der Waals surface area (Å²) in [6.07, 6.45) is 0. The van der Waals surface area contributed by atoms with Crippen LogP contribution in [0.15, 0.2) is 42.5 Å². The second-order valence-corrected chi connectivity index (χ2v) is 7.47. The number of benzene rings is 2. The fourth-order valence-corrected chi connectivity index (χ4v) is 4.24. The molecule has 1 aliphatic rings. The molecule has 138 valence electrons. The molecule has 1 aliphatic heterocycles. The van der Waals surface area contributed by atoms with Gasteiger partial charge in [0.1, 0.15) is 18.6 Å². The smallest absolute Gasteiger partial charge is 0.161 e. The lowest BCUT2D eigenvalue weighted by molar-refractivity contribution is -0.690. The number of carboxylic acids is 1. The summed E-state index contributed by atoms with van der Waals surface area (Å²) in [7, 11) is 0. The predicted molar refractivity (Wildman–Crippen MR) is 99.3 cm³/mol. The molecule has 0 unspecified atom stereocenters. The lowest BCUT2D eigenvalue weighted by atomic mass is 10.2. The van der Waals surface area contributed by atoms with Crippen LogP contribution in [0.2, 0.25) is 5.02 Å². The molecule has 1 heterocycles. The molecule has 2 N–H and O–H groups in total. The van der Waals surface area contributed by atoms with E-state index in [1.165, 1.54) is 0 Å². The number of carboxylic acid groups (broad SMARTS) is 1. The van der Waals surface area contributed by atoms with Gasteiger partial charge >= 0.3 is 0 Å². The summed E-state index contributed by atoms with van der Waals surface area (Å²) in [5.74, 6) is 0.782. The number of hydrogen-bond donors (Lipinski definition) is 1. The summed E-state index contributed by atoms with van der Waals surface area (Å²) in [4.78, 5) is 11.0. The average molecular weight is 394 g/mol. The van der Waals surface area contributed by atoms with E-state index in [2.05, 4.69) is 0 Å². The Hall–Kier alpha value is -1.89. The number of ether oxygens (including phenoxy) is 2. The van der Waals surface area contributed by atoms with Crippen LogP contribution in [-0.4, -0.2) is 24.4 Å². The highest BCUT2D eigenvalue weighted by Crippen LogP contribution is 2.35. The number of halogens is 1. The van der Waals surface area contributed by atoms with E-state index >= 15 is 0 Å². The summed E-state index contributed by atoms with van der Waals surface area (Å²) < 4.78 is 11.6. The number of carbonyl (C=O) groups is 1. The fourth-order valence-electron chi connectivity index (χ4n) is 2.74. The maximum absolute atomic E-state index is 11.0. The molecule has 2 aromatic carbocycles. The van der Waals surface area contributed by atoms with E-state index in [0.717, 1.165) is 11.1 Å². The maximum Gasteiger partial charge on any atom is 0.161 e. The summed E-state index contributed by atoms with van der Waals surface area (Å²) in [5, 5.41) is 13.5. The molecule has 0 bridgehead atoms. The van der Waals surface area contributed by atoms with Crippen LogP contribution in [0, 0.1) is 0 Å². The average Bonchev–Trinajstić information content (AvgIpc) is 3.12. The molecule has 3 rings (SSSR count). The summed E-state index contributed by atoms with van der Waals surface area (Å²) in [6.45, 7) is 2.76. The number of quaternary nitrogens is 1. The van der Waals surface area contributed by atoms with E-state index in [1.54, 1.807) is 11.8 Å². The monoisotopic (exact) mass is 393 g/mol. The third kappa shape index (κ3) is 4.44. The van der Waals surface area contributed by atoms with Gasteiger partial charge in [0.05, 0.1) is 12.4 Å². The molecule has 5 nitrogen and oxygen atoms in total. The second-order valence-electron chi connectivity index (χ2n) is 5.89. The van der Waals surface area contributed by atoms with Crippen molar-refractivity contribution in [2.24, 2.45) is 0 Å². The van der Waals surface area contributed by atoms with E-state index in [1.807, 2.05) is 54.7 Å². The van der Waals surface area contributed by atoms with Crippen LogP contribution >= 0.6 is 23.4 Å².